The Morgan fingerprint density at radius 1 is 1.50 bits per heavy atom. The molecule has 0 aliphatic carbocycles. The molecule has 1 amide bonds. The van der Waals surface area contributed by atoms with Gasteiger partial charge in [-0.15, -0.1) is 0 Å². The molecule has 0 spiro atoms. The largest absolute Gasteiger partial charge is 0.397 e. The van der Waals surface area contributed by atoms with Crippen LogP contribution in [0.25, 0.3) is 0 Å². The maximum absolute atomic E-state index is 11.9. The number of aromatic nitrogens is 2. The number of nitrogens with two attached hydrogens (primary N) is 1. The second-order valence-electron chi connectivity index (χ2n) is 4.42. The highest BCUT2D eigenvalue weighted by molar-refractivity contribution is 6.31. The average molecular weight is 293 g/mol. The lowest BCUT2D eigenvalue weighted by molar-refractivity contribution is -0.116. The van der Waals surface area contributed by atoms with E-state index in [0.717, 1.165) is 12.2 Å². The summed E-state index contributed by atoms with van der Waals surface area (Å²) in [5, 5.41) is 3.31. The predicted molar refractivity (Wildman–Crippen MR) is 80.7 cm³/mol. The second kappa shape index (κ2) is 6.43. The molecular weight excluding hydrogens is 276 g/mol. The monoisotopic (exact) mass is 292 g/mol. The van der Waals surface area contributed by atoms with Gasteiger partial charge in [0.25, 0.3) is 0 Å². The van der Waals surface area contributed by atoms with Crippen LogP contribution in [-0.2, 0) is 17.8 Å². The van der Waals surface area contributed by atoms with Crippen LogP contribution >= 0.6 is 11.6 Å². The molecule has 106 valence electrons. The summed E-state index contributed by atoms with van der Waals surface area (Å²) in [6.07, 6.45) is 4.82. The zero-order valence-corrected chi connectivity index (χ0v) is 12.0. The van der Waals surface area contributed by atoms with E-state index in [1.54, 1.807) is 24.4 Å². The lowest BCUT2D eigenvalue weighted by atomic mass is 10.2. The predicted octanol–water partition coefficient (Wildman–Crippen LogP) is 2.71. The Hall–Kier alpha value is -2.01. The topological polar surface area (TPSA) is 72.9 Å². The first-order chi connectivity index (χ1) is 9.60. The van der Waals surface area contributed by atoms with E-state index in [9.17, 15) is 4.79 Å². The van der Waals surface area contributed by atoms with Gasteiger partial charge in [-0.25, -0.2) is 4.98 Å². The summed E-state index contributed by atoms with van der Waals surface area (Å²) in [7, 11) is 0. The number of carbonyl (C=O) groups is 1. The normalized spacial score (nSPS) is 10.5. The van der Waals surface area contributed by atoms with Gasteiger partial charge in [0.2, 0.25) is 5.91 Å². The van der Waals surface area contributed by atoms with Crippen molar-refractivity contribution >= 4 is 28.9 Å². The quantitative estimate of drug-likeness (QED) is 0.832. The Labute approximate surface area is 122 Å². The van der Waals surface area contributed by atoms with Crippen molar-refractivity contribution < 1.29 is 4.79 Å². The number of nitrogens with one attached hydrogen (secondary N) is 1. The van der Waals surface area contributed by atoms with E-state index < -0.39 is 0 Å². The third kappa shape index (κ3) is 3.51. The lowest BCUT2D eigenvalue weighted by Gasteiger charge is -2.10. The third-order valence-corrected chi connectivity index (χ3v) is 3.22. The molecular formula is C14H17ClN4O. The van der Waals surface area contributed by atoms with Crippen molar-refractivity contribution in [1.29, 1.82) is 0 Å². The molecule has 0 saturated heterocycles. The molecule has 0 fully saturated rings. The summed E-state index contributed by atoms with van der Waals surface area (Å²) < 4.78 is 1.97. The molecule has 0 saturated carbocycles. The molecule has 0 unspecified atom stereocenters. The zero-order chi connectivity index (χ0) is 14.5. The number of halogens is 1. The second-order valence-corrected chi connectivity index (χ2v) is 4.86. The summed E-state index contributed by atoms with van der Waals surface area (Å²) in [5.74, 6) is 0.870. The fraction of sp³-hybridized carbons (Fsp3) is 0.286. The van der Waals surface area contributed by atoms with E-state index in [1.165, 1.54) is 0 Å². The molecule has 3 N–H and O–H groups in total. The number of anilines is 2. The number of rotatable bonds is 5. The zero-order valence-electron chi connectivity index (χ0n) is 11.3. The molecule has 2 rings (SSSR count). The molecule has 1 aromatic heterocycles. The van der Waals surface area contributed by atoms with Crippen LogP contribution in [0, 0.1) is 0 Å². The molecule has 0 aliphatic heterocycles. The van der Waals surface area contributed by atoms with Crippen LogP contribution in [0.5, 0.6) is 0 Å². The van der Waals surface area contributed by atoms with Crippen LogP contribution in [0.2, 0.25) is 5.02 Å². The van der Waals surface area contributed by atoms with Crippen LogP contribution in [0.1, 0.15) is 19.2 Å². The highest BCUT2D eigenvalue weighted by Gasteiger charge is 2.07. The maximum atomic E-state index is 11.9. The van der Waals surface area contributed by atoms with Crippen molar-refractivity contribution in [2.75, 3.05) is 11.1 Å². The molecule has 1 aromatic carbocycles. The number of amides is 1. The Morgan fingerprint density at radius 2 is 2.30 bits per heavy atom. The van der Waals surface area contributed by atoms with Crippen LogP contribution in [0.4, 0.5) is 11.4 Å². The minimum atomic E-state index is -0.102. The highest BCUT2D eigenvalue weighted by Crippen LogP contribution is 2.23. The molecule has 5 nitrogen and oxygen atoms in total. The third-order valence-electron chi connectivity index (χ3n) is 2.99. The van der Waals surface area contributed by atoms with Gasteiger partial charge in [-0.1, -0.05) is 18.5 Å². The SMILES string of the molecule is CCc1nccn1CCC(=O)Nc1cc(Cl)ccc1N. The van der Waals surface area contributed by atoms with Crippen LogP contribution in [-0.4, -0.2) is 15.5 Å². The molecule has 1 heterocycles. The summed E-state index contributed by atoms with van der Waals surface area (Å²) in [5.41, 5.74) is 6.83. The van der Waals surface area contributed by atoms with Gasteiger partial charge >= 0.3 is 0 Å². The number of carbonyl (C=O) groups excluding carboxylic acids is 1. The van der Waals surface area contributed by atoms with E-state index in [1.807, 2.05) is 17.7 Å². The fourth-order valence-electron chi connectivity index (χ4n) is 1.93. The molecule has 0 radical (unpaired) electrons. The van der Waals surface area contributed by atoms with Gasteiger partial charge in [-0.05, 0) is 18.2 Å². The van der Waals surface area contributed by atoms with Gasteiger partial charge in [0.15, 0.2) is 0 Å². The van der Waals surface area contributed by atoms with Crippen molar-refractivity contribution in [3.63, 3.8) is 0 Å². The Morgan fingerprint density at radius 3 is 3.05 bits per heavy atom. The summed E-state index contributed by atoms with van der Waals surface area (Å²) in [6, 6.07) is 5.00. The summed E-state index contributed by atoms with van der Waals surface area (Å²) >= 11 is 5.88. The van der Waals surface area contributed by atoms with E-state index in [-0.39, 0.29) is 5.91 Å². The Balaban J connectivity index is 1.94. The van der Waals surface area contributed by atoms with Gasteiger partial charge in [0.1, 0.15) is 5.82 Å². The number of hydrogen-bond donors (Lipinski definition) is 2. The Bertz CT molecular complexity index is 609. The summed E-state index contributed by atoms with van der Waals surface area (Å²) in [4.78, 5) is 16.1. The van der Waals surface area contributed by atoms with Crippen molar-refractivity contribution in [1.82, 2.24) is 9.55 Å². The first-order valence-corrected chi connectivity index (χ1v) is 6.83. The van der Waals surface area contributed by atoms with Crippen molar-refractivity contribution in [2.24, 2.45) is 0 Å². The van der Waals surface area contributed by atoms with Crippen LogP contribution in [0.15, 0.2) is 30.6 Å². The molecule has 6 heteroatoms. The van der Waals surface area contributed by atoms with Gasteiger partial charge in [-0.2, -0.15) is 0 Å². The molecule has 0 aliphatic rings. The van der Waals surface area contributed by atoms with E-state index in [0.29, 0.717) is 29.4 Å². The van der Waals surface area contributed by atoms with Gasteiger partial charge in [-0.3, -0.25) is 4.79 Å². The molecule has 0 atom stereocenters. The maximum Gasteiger partial charge on any atom is 0.226 e. The number of aryl methyl sites for hydroxylation is 2. The fourth-order valence-corrected chi connectivity index (χ4v) is 2.10. The van der Waals surface area contributed by atoms with Gasteiger partial charge < -0.3 is 15.6 Å². The number of hydrogen-bond acceptors (Lipinski definition) is 3. The smallest absolute Gasteiger partial charge is 0.226 e. The summed E-state index contributed by atoms with van der Waals surface area (Å²) in [6.45, 7) is 2.63. The number of nitrogen functional groups attached to an aromatic ring is 1. The number of nitrogens with zero attached hydrogens (tertiary/aromatic N) is 2. The molecule has 20 heavy (non-hydrogen) atoms. The minimum Gasteiger partial charge on any atom is -0.397 e. The van der Waals surface area contributed by atoms with E-state index in [4.69, 9.17) is 17.3 Å². The highest BCUT2D eigenvalue weighted by atomic mass is 35.5. The number of benzene rings is 1. The average Bonchev–Trinajstić information content (AvgIpc) is 2.88. The lowest BCUT2D eigenvalue weighted by Crippen LogP contribution is -2.16. The van der Waals surface area contributed by atoms with E-state index >= 15 is 0 Å². The Kier molecular flexibility index (Phi) is 4.63. The minimum absolute atomic E-state index is 0.102. The first-order valence-electron chi connectivity index (χ1n) is 6.45. The van der Waals surface area contributed by atoms with E-state index in [2.05, 4.69) is 10.3 Å². The number of imidazole rings is 1. The van der Waals surface area contributed by atoms with Gasteiger partial charge in [0, 0.05) is 36.8 Å². The molecule has 0 bridgehead atoms. The van der Waals surface area contributed by atoms with Gasteiger partial charge in [0.05, 0.1) is 11.4 Å². The van der Waals surface area contributed by atoms with Crippen molar-refractivity contribution in [3.05, 3.63) is 41.4 Å². The standard InChI is InChI=1S/C14H17ClN4O/c1-2-13-17-6-8-19(13)7-5-14(20)18-12-9-10(15)3-4-11(12)16/h3-4,6,8-9H,2,5,7,16H2,1H3,(H,18,20). The first kappa shape index (κ1) is 14.4. The van der Waals surface area contributed by atoms with Crippen molar-refractivity contribution in [2.45, 2.75) is 26.3 Å². The van der Waals surface area contributed by atoms with Crippen LogP contribution < -0.4 is 11.1 Å². The molecule has 2 aromatic rings. The van der Waals surface area contributed by atoms with Crippen LogP contribution in [0.3, 0.4) is 0 Å². The van der Waals surface area contributed by atoms with Crippen molar-refractivity contribution in [3.8, 4) is 0 Å².